The van der Waals surface area contributed by atoms with E-state index in [2.05, 4.69) is 29.9 Å². The number of aromatic amines is 2. The van der Waals surface area contributed by atoms with Crippen molar-refractivity contribution in [1.82, 2.24) is 39.0 Å². The van der Waals surface area contributed by atoms with E-state index in [1.165, 1.54) is 21.8 Å². The van der Waals surface area contributed by atoms with E-state index in [0.29, 0.717) is 0 Å². The average Bonchev–Trinajstić information content (AvgIpc) is 3.62. The highest BCUT2D eigenvalue weighted by Crippen LogP contribution is 2.40. The number of rotatable bonds is 6. The van der Waals surface area contributed by atoms with Crippen molar-refractivity contribution in [3.05, 3.63) is 33.4 Å². The first-order chi connectivity index (χ1) is 18.2. The summed E-state index contributed by atoms with van der Waals surface area (Å²) in [5.41, 5.74) is 10.8. The van der Waals surface area contributed by atoms with Gasteiger partial charge in [-0.25, -0.2) is 9.97 Å². The first kappa shape index (κ1) is 24.5. The van der Waals surface area contributed by atoms with Crippen LogP contribution in [0, 0.1) is 0 Å². The van der Waals surface area contributed by atoms with Crippen molar-refractivity contribution >= 4 is 41.5 Å². The lowest BCUT2D eigenvalue weighted by molar-refractivity contribution is -0.0486. The smallest absolute Gasteiger partial charge is 0.280 e. The van der Waals surface area contributed by atoms with Crippen LogP contribution in [0.25, 0.3) is 22.3 Å². The van der Waals surface area contributed by atoms with Gasteiger partial charge >= 0.3 is 0 Å². The van der Waals surface area contributed by atoms with E-state index in [4.69, 9.17) is 20.9 Å². The van der Waals surface area contributed by atoms with Gasteiger partial charge in [0.1, 0.15) is 13.5 Å². The molecule has 2 aliphatic heterocycles. The molecule has 1 radical (unpaired) electrons. The molecule has 4 aromatic rings. The SMILES string of the molecule is Nc1nc2c(ncn2[C@@H]2O[C@H](CO)[C@@H]([B]C[C@H]3O[C@@H](n4cnc5c(=O)[nH]c(N)nc54)C[C@@H]3O)[C@H]2O)c(=O)[nH]1. The Morgan fingerprint density at radius 3 is 2.21 bits per heavy atom. The van der Waals surface area contributed by atoms with E-state index in [-0.39, 0.29) is 47.0 Å². The third kappa shape index (κ3) is 3.93. The number of hydrogen-bond donors (Lipinski definition) is 7. The van der Waals surface area contributed by atoms with Crippen molar-refractivity contribution in [2.75, 3.05) is 18.1 Å². The molecule has 4 aromatic heterocycles. The molecule has 18 heteroatoms. The Labute approximate surface area is 212 Å². The van der Waals surface area contributed by atoms with E-state index < -0.39 is 60.4 Å². The summed E-state index contributed by atoms with van der Waals surface area (Å²) in [6.07, 6.45) is -1.97. The molecule has 199 valence electrons. The van der Waals surface area contributed by atoms with Crippen LogP contribution in [-0.4, -0.2) is 92.7 Å². The van der Waals surface area contributed by atoms with Crippen LogP contribution in [0.5, 0.6) is 0 Å². The van der Waals surface area contributed by atoms with Crippen LogP contribution in [-0.2, 0) is 9.47 Å². The zero-order valence-corrected chi connectivity index (χ0v) is 19.7. The molecule has 6 heterocycles. The maximum absolute atomic E-state index is 12.1. The van der Waals surface area contributed by atoms with E-state index in [1.807, 2.05) is 0 Å². The Bertz CT molecular complexity index is 1620. The number of imidazole rings is 2. The van der Waals surface area contributed by atoms with Gasteiger partial charge in [0.25, 0.3) is 11.1 Å². The molecule has 6 rings (SSSR count). The highest BCUT2D eigenvalue weighted by atomic mass is 16.5. The Morgan fingerprint density at radius 1 is 0.974 bits per heavy atom. The van der Waals surface area contributed by atoms with E-state index in [9.17, 15) is 24.9 Å². The number of fused-ring (bicyclic) bond motifs is 2. The average molecular weight is 527 g/mol. The summed E-state index contributed by atoms with van der Waals surface area (Å²) in [6, 6.07) is 0. The Kier molecular flexibility index (Phi) is 5.91. The highest BCUT2D eigenvalue weighted by Gasteiger charge is 2.46. The number of H-pyrrole nitrogens is 2. The molecule has 0 saturated carbocycles. The number of nitrogens with zero attached hydrogens (tertiary/aromatic N) is 6. The molecule has 0 unspecified atom stereocenters. The van der Waals surface area contributed by atoms with Gasteiger partial charge in [0.15, 0.2) is 28.6 Å². The number of nitrogens with one attached hydrogen (secondary N) is 2. The topological polar surface area (TPSA) is 258 Å². The molecule has 0 amide bonds. The number of ether oxygens (including phenoxy) is 2. The highest BCUT2D eigenvalue weighted by molar-refractivity contribution is 6.38. The van der Waals surface area contributed by atoms with Crippen molar-refractivity contribution in [1.29, 1.82) is 0 Å². The molecular weight excluding hydrogens is 503 g/mol. The molecule has 0 aromatic carbocycles. The molecule has 38 heavy (non-hydrogen) atoms. The standard InChI is InChI=1S/C20H24BN10O7/c22-19-26-14-11(16(35)28-19)24-4-30(14)9-1-6(33)7(37-9)2-21-10-8(3-32)38-18(13(10)34)31-5-25-12-15(31)27-20(23)29-17(12)36/h4-10,13,18,32-34H,1-3H2,(H3,22,26,28,35)(H3,23,27,29,36)/t6-,7+,8+,9+,10+,13+,18+/m0/s1. The maximum Gasteiger partial charge on any atom is 0.280 e. The zero-order valence-electron chi connectivity index (χ0n) is 19.7. The summed E-state index contributed by atoms with van der Waals surface area (Å²) in [4.78, 5) is 45.3. The van der Waals surface area contributed by atoms with Crippen LogP contribution in [0.1, 0.15) is 18.9 Å². The molecule has 0 bridgehead atoms. The molecular formula is C20H24BN10O7. The van der Waals surface area contributed by atoms with Gasteiger partial charge < -0.3 is 36.3 Å². The first-order valence-electron chi connectivity index (χ1n) is 11.8. The Hall–Kier alpha value is -3.84. The maximum atomic E-state index is 12.1. The van der Waals surface area contributed by atoms with E-state index in [1.54, 1.807) is 7.28 Å². The van der Waals surface area contributed by atoms with Crippen molar-refractivity contribution in [3.63, 3.8) is 0 Å². The molecule has 17 nitrogen and oxygen atoms in total. The van der Waals surface area contributed by atoms with Crippen LogP contribution in [0.3, 0.4) is 0 Å². The lowest BCUT2D eigenvalue weighted by Gasteiger charge is -2.21. The predicted molar refractivity (Wildman–Crippen MR) is 131 cm³/mol. The summed E-state index contributed by atoms with van der Waals surface area (Å²) in [6.45, 7) is -0.392. The summed E-state index contributed by atoms with van der Waals surface area (Å²) < 4.78 is 14.9. The van der Waals surface area contributed by atoms with Gasteiger partial charge in [-0.1, -0.05) is 6.32 Å². The number of aliphatic hydroxyl groups is 3. The van der Waals surface area contributed by atoms with Crippen LogP contribution in [0.4, 0.5) is 11.9 Å². The van der Waals surface area contributed by atoms with Crippen LogP contribution in [0.15, 0.2) is 22.2 Å². The zero-order chi connectivity index (χ0) is 26.7. The number of aromatic nitrogens is 8. The lowest BCUT2D eigenvalue weighted by atomic mass is 9.56. The number of hydrogen-bond acceptors (Lipinski definition) is 13. The molecule has 0 spiro atoms. The normalized spacial score (nSPS) is 29.5. The monoisotopic (exact) mass is 527 g/mol. The fourth-order valence-corrected chi connectivity index (χ4v) is 5.12. The van der Waals surface area contributed by atoms with Gasteiger partial charge in [0.05, 0.1) is 43.7 Å². The second-order valence-corrected chi connectivity index (χ2v) is 9.27. The van der Waals surface area contributed by atoms with E-state index in [0.717, 1.165) is 0 Å². The van der Waals surface area contributed by atoms with Crippen molar-refractivity contribution in [2.24, 2.45) is 0 Å². The molecule has 2 aliphatic rings. The second-order valence-electron chi connectivity index (χ2n) is 9.27. The number of nitrogens with two attached hydrogens (primary N) is 2. The van der Waals surface area contributed by atoms with Gasteiger partial charge in [0, 0.05) is 6.42 Å². The molecule has 2 fully saturated rings. The summed E-state index contributed by atoms with van der Waals surface area (Å²) in [5, 5.41) is 31.7. The summed E-state index contributed by atoms with van der Waals surface area (Å²) in [5.74, 6) is -0.833. The molecule has 0 aliphatic carbocycles. The minimum atomic E-state index is -1.14. The Balaban J connectivity index is 1.18. The van der Waals surface area contributed by atoms with Crippen molar-refractivity contribution in [3.8, 4) is 0 Å². The molecule has 9 N–H and O–H groups in total. The van der Waals surface area contributed by atoms with Gasteiger partial charge in [-0.15, -0.1) is 0 Å². The summed E-state index contributed by atoms with van der Waals surface area (Å²) >= 11 is 0. The Morgan fingerprint density at radius 2 is 1.58 bits per heavy atom. The third-order valence-corrected chi connectivity index (χ3v) is 6.94. The predicted octanol–water partition coefficient (Wildman–Crippen LogP) is -2.77. The van der Waals surface area contributed by atoms with Crippen LogP contribution < -0.4 is 22.6 Å². The minimum Gasteiger partial charge on any atom is -0.394 e. The fraction of sp³-hybridized carbons (Fsp3) is 0.500. The minimum absolute atomic E-state index is 0.0294. The summed E-state index contributed by atoms with van der Waals surface area (Å²) in [7, 11) is 1.72. The van der Waals surface area contributed by atoms with Gasteiger partial charge in [0.2, 0.25) is 11.9 Å². The quantitative estimate of drug-likeness (QED) is 0.125. The number of aliphatic hydroxyl groups excluding tert-OH is 3. The van der Waals surface area contributed by atoms with Crippen LogP contribution >= 0.6 is 0 Å². The largest absolute Gasteiger partial charge is 0.394 e. The third-order valence-electron chi connectivity index (χ3n) is 6.94. The number of nitrogen functional groups attached to an aromatic ring is 2. The van der Waals surface area contributed by atoms with Gasteiger partial charge in [-0.3, -0.25) is 28.7 Å². The fourth-order valence-electron chi connectivity index (χ4n) is 5.12. The van der Waals surface area contributed by atoms with Gasteiger partial charge in [-0.2, -0.15) is 9.97 Å². The number of anilines is 2. The van der Waals surface area contributed by atoms with Crippen molar-refractivity contribution < 1.29 is 24.8 Å². The second kappa shape index (κ2) is 9.17. The first-order valence-corrected chi connectivity index (χ1v) is 11.8. The lowest BCUT2D eigenvalue weighted by Crippen LogP contribution is -2.31. The van der Waals surface area contributed by atoms with Crippen molar-refractivity contribution in [2.45, 2.75) is 55.4 Å². The molecule has 7 atom stereocenters. The van der Waals surface area contributed by atoms with Crippen LogP contribution in [0.2, 0.25) is 12.1 Å². The molecule has 2 saturated heterocycles. The van der Waals surface area contributed by atoms with E-state index >= 15 is 0 Å². The van der Waals surface area contributed by atoms with Gasteiger partial charge in [-0.05, 0) is 5.82 Å².